The number of phenolic OH excluding ortho intramolecular Hbond substituents is 1. The van der Waals surface area contributed by atoms with Crippen molar-refractivity contribution in [2.75, 3.05) is 12.8 Å². The van der Waals surface area contributed by atoms with E-state index in [1.807, 2.05) is 6.92 Å². The summed E-state index contributed by atoms with van der Waals surface area (Å²) in [6.07, 6.45) is 0.781. The molecule has 0 aromatic heterocycles. The zero-order valence-electron chi connectivity index (χ0n) is 11.8. The number of benzene rings is 1. The van der Waals surface area contributed by atoms with Gasteiger partial charge in [-0.05, 0) is 37.5 Å². The van der Waals surface area contributed by atoms with Crippen LogP contribution in [0.1, 0.15) is 27.2 Å². The number of nitrogens with zero attached hydrogens (tertiary/aromatic N) is 1. The van der Waals surface area contributed by atoms with Gasteiger partial charge in [-0.3, -0.25) is 0 Å². The molecule has 0 radical (unpaired) electrons. The molecule has 0 aliphatic rings. The summed E-state index contributed by atoms with van der Waals surface area (Å²) < 4.78 is 26.2. The molecule has 19 heavy (non-hydrogen) atoms. The molecule has 0 saturated carbocycles. The van der Waals surface area contributed by atoms with E-state index in [0.29, 0.717) is 5.92 Å². The molecule has 0 aliphatic carbocycles. The van der Waals surface area contributed by atoms with Crippen LogP contribution in [0.25, 0.3) is 0 Å². The Bertz CT molecular complexity index is 541. The number of phenols is 1. The van der Waals surface area contributed by atoms with Crippen molar-refractivity contribution in [3.63, 3.8) is 0 Å². The number of hydrogen-bond donors (Lipinski definition) is 2. The Morgan fingerprint density at radius 2 is 1.89 bits per heavy atom. The molecule has 6 heteroatoms. The standard InChI is InChI=1S/C13H22N2O3S/c1-9(2)7-10(3)15(4)19(17,18)11-5-6-13(16)12(14)8-11/h5-6,8-10,16H,7,14H2,1-4H3. The molecule has 1 unspecified atom stereocenters. The van der Waals surface area contributed by atoms with Gasteiger partial charge in [0.05, 0.1) is 10.6 Å². The second kappa shape index (κ2) is 5.79. The maximum atomic E-state index is 12.4. The summed E-state index contributed by atoms with van der Waals surface area (Å²) >= 11 is 0. The van der Waals surface area contributed by atoms with Crippen LogP contribution in [0, 0.1) is 5.92 Å². The minimum atomic E-state index is -3.58. The highest BCUT2D eigenvalue weighted by molar-refractivity contribution is 7.89. The molecule has 0 spiro atoms. The Morgan fingerprint density at radius 1 is 1.32 bits per heavy atom. The first-order valence-corrected chi connectivity index (χ1v) is 7.66. The molecular formula is C13H22N2O3S. The van der Waals surface area contributed by atoms with Crippen LogP contribution in [0.2, 0.25) is 0 Å². The fourth-order valence-corrected chi connectivity index (χ4v) is 3.34. The zero-order valence-corrected chi connectivity index (χ0v) is 12.6. The van der Waals surface area contributed by atoms with Crippen molar-refractivity contribution < 1.29 is 13.5 Å². The molecule has 3 N–H and O–H groups in total. The Balaban J connectivity index is 3.06. The topological polar surface area (TPSA) is 83.6 Å². The highest BCUT2D eigenvalue weighted by atomic mass is 32.2. The monoisotopic (exact) mass is 286 g/mol. The summed E-state index contributed by atoms with van der Waals surface area (Å²) in [6, 6.07) is 3.84. The van der Waals surface area contributed by atoms with Gasteiger partial charge in [-0.2, -0.15) is 4.31 Å². The first-order chi connectivity index (χ1) is 8.66. The SMILES string of the molecule is CC(C)CC(C)N(C)S(=O)(=O)c1ccc(O)c(N)c1. The molecule has 1 atom stereocenters. The van der Waals surface area contributed by atoms with Crippen molar-refractivity contribution in [1.82, 2.24) is 4.31 Å². The van der Waals surface area contributed by atoms with Gasteiger partial charge >= 0.3 is 0 Å². The molecule has 0 heterocycles. The Morgan fingerprint density at radius 3 is 2.37 bits per heavy atom. The van der Waals surface area contributed by atoms with Crippen LogP contribution < -0.4 is 5.73 Å². The van der Waals surface area contributed by atoms with Crippen LogP contribution >= 0.6 is 0 Å². The molecule has 0 saturated heterocycles. The second-order valence-electron chi connectivity index (χ2n) is 5.22. The summed E-state index contributed by atoms with van der Waals surface area (Å²) in [5, 5.41) is 9.34. The van der Waals surface area contributed by atoms with Gasteiger partial charge in [0, 0.05) is 13.1 Å². The van der Waals surface area contributed by atoms with Crippen LogP contribution in [0.15, 0.2) is 23.1 Å². The van der Waals surface area contributed by atoms with Gasteiger partial charge in [0.1, 0.15) is 5.75 Å². The van der Waals surface area contributed by atoms with Crippen LogP contribution in [-0.2, 0) is 10.0 Å². The first kappa shape index (κ1) is 15.8. The fourth-order valence-electron chi connectivity index (χ4n) is 1.93. The lowest BCUT2D eigenvalue weighted by Gasteiger charge is -2.25. The Labute approximate surface area is 115 Å². The normalized spacial score (nSPS) is 14.0. The fraction of sp³-hybridized carbons (Fsp3) is 0.538. The number of rotatable bonds is 5. The van der Waals surface area contributed by atoms with Crippen molar-refractivity contribution in [2.45, 2.75) is 38.1 Å². The average molecular weight is 286 g/mol. The summed E-state index contributed by atoms with van der Waals surface area (Å²) in [5.74, 6) is 0.300. The molecule has 108 valence electrons. The highest BCUT2D eigenvalue weighted by Crippen LogP contribution is 2.26. The molecule has 0 fully saturated rings. The Hall–Kier alpha value is -1.27. The van der Waals surface area contributed by atoms with Crippen molar-refractivity contribution in [3.8, 4) is 5.75 Å². The number of sulfonamides is 1. The predicted octanol–water partition coefficient (Wildman–Crippen LogP) is 2.03. The van der Waals surface area contributed by atoms with Crippen molar-refractivity contribution in [3.05, 3.63) is 18.2 Å². The van der Waals surface area contributed by atoms with Gasteiger partial charge < -0.3 is 10.8 Å². The van der Waals surface area contributed by atoms with E-state index >= 15 is 0 Å². The largest absolute Gasteiger partial charge is 0.506 e. The van der Waals surface area contributed by atoms with Gasteiger partial charge in [-0.25, -0.2) is 8.42 Å². The van der Waals surface area contributed by atoms with Gasteiger partial charge in [-0.15, -0.1) is 0 Å². The highest BCUT2D eigenvalue weighted by Gasteiger charge is 2.26. The number of nitrogen functional groups attached to an aromatic ring is 1. The Kier molecular flexibility index (Phi) is 4.81. The quantitative estimate of drug-likeness (QED) is 0.641. The van der Waals surface area contributed by atoms with E-state index < -0.39 is 10.0 Å². The number of anilines is 1. The van der Waals surface area contributed by atoms with E-state index in [1.54, 1.807) is 7.05 Å². The number of hydrogen-bond acceptors (Lipinski definition) is 4. The zero-order chi connectivity index (χ0) is 14.8. The lowest BCUT2D eigenvalue weighted by atomic mass is 10.1. The van der Waals surface area contributed by atoms with Crippen LogP contribution in [-0.4, -0.2) is 30.9 Å². The van der Waals surface area contributed by atoms with Crippen molar-refractivity contribution >= 4 is 15.7 Å². The summed E-state index contributed by atoms with van der Waals surface area (Å²) in [7, 11) is -2.02. The van der Waals surface area contributed by atoms with Gasteiger partial charge in [-0.1, -0.05) is 13.8 Å². The first-order valence-electron chi connectivity index (χ1n) is 6.22. The van der Waals surface area contributed by atoms with E-state index in [9.17, 15) is 13.5 Å². The van der Waals surface area contributed by atoms with E-state index in [0.717, 1.165) is 6.42 Å². The molecule has 1 rings (SSSR count). The van der Waals surface area contributed by atoms with Crippen molar-refractivity contribution in [2.24, 2.45) is 5.92 Å². The minimum Gasteiger partial charge on any atom is -0.506 e. The maximum Gasteiger partial charge on any atom is 0.243 e. The second-order valence-corrected chi connectivity index (χ2v) is 7.22. The molecule has 5 nitrogen and oxygen atoms in total. The van der Waals surface area contributed by atoms with E-state index in [1.165, 1.54) is 22.5 Å². The molecule has 0 amide bonds. The lowest BCUT2D eigenvalue weighted by Crippen LogP contribution is -2.35. The smallest absolute Gasteiger partial charge is 0.243 e. The van der Waals surface area contributed by atoms with Gasteiger partial charge in [0.2, 0.25) is 10.0 Å². The van der Waals surface area contributed by atoms with Gasteiger partial charge in [0.25, 0.3) is 0 Å². The van der Waals surface area contributed by atoms with Crippen LogP contribution in [0.3, 0.4) is 0 Å². The molecular weight excluding hydrogens is 264 g/mol. The third-order valence-corrected chi connectivity index (χ3v) is 5.08. The summed E-state index contributed by atoms with van der Waals surface area (Å²) in [5.41, 5.74) is 5.60. The maximum absolute atomic E-state index is 12.4. The molecule has 0 bridgehead atoms. The van der Waals surface area contributed by atoms with E-state index in [-0.39, 0.29) is 22.4 Å². The summed E-state index contributed by atoms with van der Waals surface area (Å²) in [6.45, 7) is 5.98. The van der Waals surface area contributed by atoms with E-state index in [2.05, 4.69) is 13.8 Å². The van der Waals surface area contributed by atoms with Crippen LogP contribution in [0.4, 0.5) is 5.69 Å². The van der Waals surface area contributed by atoms with Gasteiger partial charge in [0.15, 0.2) is 0 Å². The molecule has 0 aliphatic heterocycles. The minimum absolute atomic E-state index is 0.0611. The lowest BCUT2D eigenvalue weighted by molar-refractivity contribution is 0.338. The summed E-state index contributed by atoms with van der Waals surface area (Å²) in [4.78, 5) is 0.0981. The van der Waals surface area contributed by atoms with Crippen LogP contribution in [0.5, 0.6) is 5.75 Å². The van der Waals surface area contributed by atoms with Crippen molar-refractivity contribution in [1.29, 1.82) is 0 Å². The average Bonchev–Trinajstić information content (AvgIpc) is 2.30. The third-order valence-electron chi connectivity index (χ3n) is 3.11. The third kappa shape index (κ3) is 3.61. The predicted molar refractivity (Wildman–Crippen MR) is 76.4 cm³/mol. The van der Waals surface area contributed by atoms with E-state index in [4.69, 9.17) is 5.73 Å². The molecule has 1 aromatic carbocycles. The molecule has 1 aromatic rings. The number of nitrogens with two attached hydrogens (primary N) is 1. The number of aromatic hydroxyl groups is 1.